The van der Waals surface area contributed by atoms with Crippen molar-refractivity contribution < 1.29 is 0 Å². The van der Waals surface area contributed by atoms with E-state index in [1.807, 2.05) is 11.3 Å². The zero-order chi connectivity index (χ0) is 16.1. The van der Waals surface area contributed by atoms with Crippen molar-refractivity contribution in [1.29, 1.82) is 0 Å². The van der Waals surface area contributed by atoms with Gasteiger partial charge in [-0.15, -0.1) is 11.3 Å². The number of aryl methyl sites for hydroxylation is 2. The van der Waals surface area contributed by atoms with Gasteiger partial charge in [0.25, 0.3) is 0 Å². The van der Waals surface area contributed by atoms with Crippen LogP contribution in [0.25, 0.3) is 10.6 Å². The molecule has 3 rings (SSSR count). The summed E-state index contributed by atoms with van der Waals surface area (Å²) in [4.78, 5) is 7.82. The fraction of sp³-hybridized carbons (Fsp3) is 0.571. The number of thiophene rings is 1. The van der Waals surface area contributed by atoms with Crippen LogP contribution in [0, 0.1) is 5.92 Å². The highest BCUT2D eigenvalue weighted by molar-refractivity contribution is 7.15. The smallest absolute Gasteiger partial charge is 0.0805 e. The van der Waals surface area contributed by atoms with Gasteiger partial charge in [0, 0.05) is 10.6 Å². The summed E-state index contributed by atoms with van der Waals surface area (Å²) in [6.07, 6.45) is 11.7. The van der Waals surface area contributed by atoms with Crippen LogP contribution in [-0.2, 0) is 19.3 Å². The second-order valence-electron chi connectivity index (χ2n) is 6.92. The third-order valence-corrected chi connectivity index (χ3v) is 6.16. The highest BCUT2D eigenvalue weighted by Gasteiger charge is 2.20. The highest BCUT2D eigenvalue weighted by Crippen LogP contribution is 2.32. The van der Waals surface area contributed by atoms with Crippen molar-refractivity contribution in [2.24, 2.45) is 5.92 Å². The van der Waals surface area contributed by atoms with Crippen molar-refractivity contribution in [1.82, 2.24) is 4.98 Å². The fourth-order valence-electron chi connectivity index (χ4n) is 3.65. The van der Waals surface area contributed by atoms with Gasteiger partial charge < -0.3 is 0 Å². The molecule has 0 amide bonds. The zero-order valence-corrected chi connectivity index (χ0v) is 15.4. The number of fused-ring (bicyclic) bond motifs is 1. The van der Waals surface area contributed by atoms with E-state index in [0.717, 1.165) is 5.92 Å². The largest absolute Gasteiger partial charge is 0.252 e. The fourth-order valence-corrected chi connectivity index (χ4v) is 4.73. The molecule has 23 heavy (non-hydrogen) atoms. The summed E-state index contributed by atoms with van der Waals surface area (Å²) in [6.45, 7) is 4.53. The molecule has 0 bridgehead atoms. The Bertz CT molecular complexity index is 629. The first-order valence-electron chi connectivity index (χ1n) is 9.38. The summed E-state index contributed by atoms with van der Waals surface area (Å²) < 4.78 is 0. The Balaban J connectivity index is 1.68. The predicted molar refractivity (Wildman–Crippen MR) is 101 cm³/mol. The molecule has 0 N–H and O–H groups in total. The molecule has 2 aromatic heterocycles. The summed E-state index contributed by atoms with van der Waals surface area (Å²) in [5, 5.41) is 0. The maximum absolute atomic E-state index is 5.00. The van der Waals surface area contributed by atoms with E-state index in [9.17, 15) is 0 Å². The lowest BCUT2D eigenvalue weighted by Gasteiger charge is -2.24. The first-order valence-corrected chi connectivity index (χ1v) is 10.2. The molecule has 0 saturated heterocycles. The van der Waals surface area contributed by atoms with Gasteiger partial charge in [-0.3, -0.25) is 4.98 Å². The Morgan fingerprint density at radius 1 is 1.09 bits per heavy atom. The van der Waals surface area contributed by atoms with Crippen molar-refractivity contribution in [3.05, 3.63) is 40.4 Å². The topological polar surface area (TPSA) is 12.9 Å². The van der Waals surface area contributed by atoms with Crippen molar-refractivity contribution in [3.63, 3.8) is 0 Å². The van der Waals surface area contributed by atoms with Crippen LogP contribution >= 0.6 is 11.3 Å². The first kappa shape index (κ1) is 16.7. The Morgan fingerprint density at radius 3 is 2.83 bits per heavy atom. The summed E-state index contributed by atoms with van der Waals surface area (Å²) in [5.41, 5.74) is 4.05. The second kappa shape index (κ2) is 8.10. The van der Waals surface area contributed by atoms with Gasteiger partial charge in [-0.2, -0.15) is 0 Å². The molecular weight excluding hydrogens is 298 g/mol. The van der Waals surface area contributed by atoms with Crippen LogP contribution in [0.4, 0.5) is 0 Å². The van der Waals surface area contributed by atoms with E-state index in [0.29, 0.717) is 0 Å². The van der Waals surface area contributed by atoms with Crippen LogP contribution < -0.4 is 0 Å². The minimum absolute atomic E-state index is 0.889. The van der Waals surface area contributed by atoms with Crippen LogP contribution in [0.3, 0.4) is 0 Å². The van der Waals surface area contributed by atoms with Crippen LogP contribution in [0.1, 0.15) is 68.5 Å². The lowest BCUT2D eigenvalue weighted by Crippen LogP contribution is -2.15. The Morgan fingerprint density at radius 2 is 2.00 bits per heavy atom. The molecule has 2 heteroatoms. The second-order valence-corrected chi connectivity index (χ2v) is 8.09. The summed E-state index contributed by atoms with van der Waals surface area (Å²) in [7, 11) is 0. The van der Waals surface area contributed by atoms with Gasteiger partial charge in [0.2, 0.25) is 0 Å². The van der Waals surface area contributed by atoms with Crippen molar-refractivity contribution in [2.45, 2.75) is 71.6 Å². The van der Waals surface area contributed by atoms with E-state index in [2.05, 4.69) is 38.1 Å². The van der Waals surface area contributed by atoms with Crippen molar-refractivity contribution in [3.8, 4) is 10.6 Å². The molecule has 0 aliphatic heterocycles. The summed E-state index contributed by atoms with van der Waals surface area (Å²) in [5.74, 6) is 0.889. The minimum Gasteiger partial charge on any atom is -0.252 e. The Hall–Kier alpha value is -1.15. The monoisotopic (exact) mass is 327 g/mol. The van der Waals surface area contributed by atoms with Crippen molar-refractivity contribution in [2.75, 3.05) is 0 Å². The minimum atomic E-state index is 0.889. The quantitative estimate of drug-likeness (QED) is 0.533. The van der Waals surface area contributed by atoms with E-state index in [1.165, 1.54) is 84.5 Å². The van der Waals surface area contributed by atoms with E-state index in [-0.39, 0.29) is 0 Å². The third kappa shape index (κ3) is 4.23. The Kier molecular flexibility index (Phi) is 5.88. The van der Waals surface area contributed by atoms with Crippen LogP contribution in [0.15, 0.2) is 24.3 Å². The van der Waals surface area contributed by atoms with Gasteiger partial charge in [-0.1, -0.05) is 52.0 Å². The predicted octanol–water partition coefficient (Wildman–Crippen LogP) is 6.45. The molecular formula is C21H29NS. The molecule has 0 aromatic carbocycles. The van der Waals surface area contributed by atoms with Gasteiger partial charge in [0.05, 0.1) is 10.6 Å². The van der Waals surface area contributed by atoms with E-state index in [1.54, 1.807) is 0 Å². The molecule has 0 radical (unpaired) electrons. The first-order chi connectivity index (χ1) is 11.3. The maximum atomic E-state index is 5.00. The van der Waals surface area contributed by atoms with Crippen LogP contribution in [0.2, 0.25) is 0 Å². The lowest BCUT2D eigenvalue weighted by atomic mass is 9.83. The molecule has 1 atom stereocenters. The van der Waals surface area contributed by atoms with Gasteiger partial charge in [0.1, 0.15) is 0 Å². The Labute approximate surface area is 145 Å². The van der Waals surface area contributed by atoms with Crippen molar-refractivity contribution >= 4 is 11.3 Å². The number of rotatable bonds is 7. The van der Waals surface area contributed by atoms with Gasteiger partial charge in [-0.05, 0) is 55.4 Å². The summed E-state index contributed by atoms with van der Waals surface area (Å²) in [6, 6.07) is 9.12. The average molecular weight is 328 g/mol. The number of hydrogen-bond donors (Lipinski definition) is 0. The number of unbranched alkanes of at least 4 members (excludes halogenated alkanes) is 2. The average Bonchev–Trinajstić information content (AvgIpc) is 3.04. The van der Waals surface area contributed by atoms with E-state index in [4.69, 9.17) is 4.98 Å². The SMILES string of the molecule is CCCCC[C@@H]1CCc2nc(-c3ccc(CCC)s3)ccc2C1. The molecule has 0 fully saturated rings. The van der Waals surface area contributed by atoms with Crippen LogP contribution in [0.5, 0.6) is 0 Å². The van der Waals surface area contributed by atoms with Gasteiger partial charge >= 0.3 is 0 Å². The number of pyridine rings is 1. The standard InChI is InChI=1S/C21H29NS/c1-3-5-6-8-16-9-12-19-17(15-16)10-13-20(22-19)21-14-11-18(23-21)7-4-2/h10-11,13-14,16H,3-9,12,15H2,1-2H3/t16-/m1/s1. The molecule has 0 saturated carbocycles. The molecule has 0 spiro atoms. The third-order valence-electron chi connectivity index (χ3n) is 4.99. The van der Waals surface area contributed by atoms with Gasteiger partial charge in [0.15, 0.2) is 0 Å². The molecule has 0 unspecified atom stereocenters. The number of hydrogen-bond acceptors (Lipinski definition) is 2. The van der Waals surface area contributed by atoms with E-state index < -0.39 is 0 Å². The van der Waals surface area contributed by atoms with Gasteiger partial charge in [-0.25, -0.2) is 0 Å². The highest BCUT2D eigenvalue weighted by atomic mass is 32.1. The number of nitrogens with zero attached hydrogens (tertiary/aromatic N) is 1. The summed E-state index contributed by atoms with van der Waals surface area (Å²) >= 11 is 1.91. The molecule has 1 aliphatic carbocycles. The zero-order valence-electron chi connectivity index (χ0n) is 14.6. The lowest BCUT2D eigenvalue weighted by molar-refractivity contribution is 0.404. The normalized spacial score (nSPS) is 17.2. The maximum Gasteiger partial charge on any atom is 0.0805 e. The molecule has 2 aromatic rings. The molecule has 124 valence electrons. The van der Waals surface area contributed by atoms with E-state index >= 15 is 0 Å². The molecule has 1 nitrogen and oxygen atoms in total. The van der Waals surface area contributed by atoms with Crippen LogP contribution in [-0.4, -0.2) is 4.98 Å². The molecule has 1 aliphatic rings. The molecule has 2 heterocycles. The number of aromatic nitrogens is 1.